The summed E-state index contributed by atoms with van der Waals surface area (Å²) >= 11 is 3.01. The molecule has 9 heteroatoms. The van der Waals surface area contributed by atoms with Gasteiger partial charge in [-0.25, -0.2) is 16.8 Å². The highest BCUT2D eigenvalue weighted by atomic mass is 79.9. The zero-order valence-electron chi connectivity index (χ0n) is 16.6. The van der Waals surface area contributed by atoms with Crippen LogP contribution in [0.1, 0.15) is 27.7 Å². The van der Waals surface area contributed by atoms with Crippen molar-refractivity contribution in [2.24, 2.45) is 0 Å². The molecular formula is C18H31BrN2O4S2. The van der Waals surface area contributed by atoms with E-state index in [0.29, 0.717) is 38.1 Å². The molecule has 2 rings (SSSR count). The van der Waals surface area contributed by atoms with Crippen molar-refractivity contribution in [1.29, 1.82) is 0 Å². The zero-order chi connectivity index (χ0) is 21.4. The van der Waals surface area contributed by atoms with Gasteiger partial charge in [0.2, 0.25) is 0 Å². The Morgan fingerprint density at radius 2 is 1.52 bits per heavy atom. The van der Waals surface area contributed by atoms with Gasteiger partial charge in [0.05, 0.1) is 32.9 Å². The van der Waals surface area contributed by atoms with Crippen LogP contribution in [-0.2, 0) is 19.7 Å². The number of nitrogens with one attached hydrogen (secondary N) is 1. The van der Waals surface area contributed by atoms with Crippen molar-refractivity contribution in [3.63, 3.8) is 0 Å². The topological polar surface area (TPSA) is 83.6 Å². The van der Waals surface area contributed by atoms with Crippen molar-refractivity contribution < 1.29 is 16.8 Å². The van der Waals surface area contributed by atoms with Crippen LogP contribution in [0.15, 0.2) is 0 Å². The molecule has 0 radical (unpaired) electrons. The standard InChI is InChI=1S/C9H15NO2S.C6H13NO2S.C3H3Br/c1-4-5-10-6-7-13(11,12)9(2,3)8-10;1-6(2)5-7-3-4-10(6,8)9;1-2-3-4/h1H,5-8H2,2-3H3;7H,3-5H2,1-2H3;1H,3H2. The highest BCUT2D eigenvalue weighted by Crippen LogP contribution is 2.23. The quantitative estimate of drug-likeness (QED) is 0.441. The van der Waals surface area contributed by atoms with Gasteiger partial charge in [-0.15, -0.1) is 12.8 Å². The largest absolute Gasteiger partial charge is 0.314 e. The molecule has 2 fully saturated rings. The molecule has 0 spiro atoms. The van der Waals surface area contributed by atoms with E-state index in [1.807, 2.05) is 4.90 Å². The van der Waals surface area contributed by atoms with Gasteiger partial charge in [0, 0.05) is 26.2 Å². The number of alkyl halides is 1. The van der Waals surface area contributed by atoms with Crippen molar-refractivity contribution in [3.05, 3.63) is 0 Å². The minimum Gasteiger partial charge on any atom is -0.314 e. The molecule has 2 saturated heterocycles. The molecule has 6 nitrogen and oxygen atoms in total. The van der Waals surface area contributed by atoms with Crippen molar-refractivity contribution in [3.8, 4) is 24.7 Å². The van der Waals surface area contributed by atoms with Gasteiger partial charge in [0.15, 0.2) is 19.7 Å². The highest BCUT2D eigenvalue weighted by Gasteiger charge is 2.39. The van der Waals surface area contributed by atoms with E-state index in [9.17, 15) is 16.8 Å². The third kappa shape index (κ3) is 8.13. The Morgan fingerprint density at radius 3 is 1.85 bits per heavy atom. The van der Waals surface area contributed by atoms with Crippen molar-refractivity contribution in [1.82, 2.24) is 10.2 Å². The molecule has 0 amide bonds. The van der Waals surface area contributed by atoms with Gasteiger partial charge >= 0.3 is 0 Å². The summed E-state index contributed by atoms with van der Waals surface area (Å²) in [6.45, 7) is 9.86. The molecule has 156 valence electrons. The van der Waals surface area contributed by atoms with Gasteiger partial charge < -0.3 is 5.32 Å². The number of rotatable bonds is 1. The molecule has 0 atom stereocenters. The van der Waals surface area contributed by atoms with Gasteiger partial charge in [-0.05, 0) is 27.7 Å². The fourth-order valence-corrected chi connectivity index (χ4v) is 5.21. The van der Waals surface area contributed by atoms with Crippen LogP contribution in [0.4, 0.5) is 0 Å². The van der Waals surface area contributed by atoms with Crippen LogP contribution < -0.4 is 5.32 Å². The normalized spacial score (nSPS) is 24.6. The second-order valence-corrected chi connectivity index (χ2v) is 13.6. The van der Waals surface area contributed by atoms with Gasteiger partial charge in [-0.3, -0.25) is 4.90 Å². The van der Waals surface area contributed by atoms with Gasteiger partial charge in [-0.2, -0.15) is 0 Å². The SMILES string of the molecule is C#CCBr.C#CCN1CCS(=O)(=O)C(C)(C)C1.CC1(C)CNCCS1(=O)=O. The maximum Gasteiger partial charge on any atom is 0.157 e. The first-order valence-corrected chi connectivity index (χ1v) is 13.0. The molecule has 27 heavy (non-hydrogen) atoms. The second kappa shape index (κ2) is 10.8. The fourth-order valence-electron chi connectivity index (χ4n) is 2.49. The number of hydrogen-bond acceptors (Lipinski definition) is 6. The lowest BCUT2D eigenvalue weighted by Gasteiger charge is -2.36. The summed E-state index contributed by atoms with van der Waals surface area (Å²) in [7, 11) is -5.75. The summed E-state index contributed by atoms with van der Waals surface area (Å²) < 4.78 is 44.5. The average molecular weight is 483 g/mol. The Morgan fingerprint density at radius 1 is 1.00 bits per heavy atom. The summed E-state index contributed by atoms with van der Waals surface area (Å²) in [5, 5.41) is 3.71. The molecule has 0 aromatic carbocycles. The summed E-state index contributed by atoms with van der Waals surface area (Å²) in [5.41, 5.74) is 0. The molecule has 0 aromatic heterocycles. The van der Waals surface area contributed by atoms with Crippen molar-refractivity contribution in [2.45, 2.75) is 37.2 Å². The van der Waals surface area contributed by atoms with Crippen LogP contribution in [-0.4, -0.2) is 80.8 Å². The smallest absolute Gasteiger partial charge is 0.157 e. The zero-order valence-corrected chi connectivity index (χ0v) is 19.8. The Balaban J connectivity index is 0.000000428. The fraction of sp³-hybridized carbons (Fsp3) is 0.778. The molecule has 0 unspecified atom stereocenters. The van der Waals surface area contributed by atoms with Gasteiger partial charge in [0.1, 0.15) is 0 Å². The third-order valence-electron chi connectivity index (χ3n) is 4.45. The van der Waals surface area contributed by atoms with E-state index in [1.165, 1.54) is 0 Å². The number of hydrogen-bond donors (Lipinski definition) is 1. The molecule has 0 aliphatic carbocycles. The van der Waals surface area contributed by atoms with E-state index < -0.39 is 29.2 Å². The van der Waals surface area contributed by atoms with Crippen LogP contribution >= 0.6 is 15.9 Å². The van der Waals surface area contributed by atoms with Crippen LogP contribution in [0.3, 0.4) is 0 Å². The average Bonchev–Trinajstić information content (AvgIpc) is 2.55. The minimum absolute atomic E-state index is 0.224. The number of terminal acetylenes is 2. The summed E-state index contributed by atoms with van der Waals surface area (Å²) in [4.78, 5) is 2.00. The molecule has 0 aromatic rings. The predicted octanol–water partition coefficient (Wildman–Crippen LogP) is 0.926. The molecule has 2 heterocycles. The Hall–Kier alpha value is -0.580. The van der Waals surface area contributed by atoms with E-state index in [1.54, 1.807) is 27.7 Å². The Kier molecular flexibility index (Phi) is 10.6. The first-order chi connectivity index (χ1) is 12.3. The third-order valence-corrected chi connectivity index (χ3v) is 9.88. The number of halogens is 1. The molecule has 0 saturated carbocycles. The van der Waals surface area contributed by atoms with Gasteiger partial charge in [-0.1, -0.05) is 27.8 Å². The van der Waals surface area contributed by atoms with Gasteiger partial charge in [0.25, 0.3) is 0 Å². The second-order valence-electron chi connectivity index (χ2n) is 7.59. The summed E-state index contributed by atoms with van der Waals surface area (Å²) in [6, 6.07) is 0. The molecule has 0 bridgehead atoms. The van der Waals surface area contributed by atoms with Crippen LogP contribution in [0.2, 0.25) is 0 Å². The van der Waals surface area contributed by atoms with Crippen molar-refractivity contribution >= 4 is 35.6 Å². The number of nitrogens with zero attached hydrogens (tertiary/aromatic N) is 1. The number of sulfone groups is 2. The predicted molar refractivity (Wildman–Crippen MR) is 117 cm³/mol. The molecular weight excluding hydrogens is 452 g/mol. The van der Waals surface area contributed by atoms with E-state index in [0.717, 1.165) is 0 Å². The van der Waals surface area contributed by atoms with E-state index in [4.69, 9.17) is 12.8 Å². The Bertz CT molecular complexity index is 760. The minimum atomic E-state index is -2.92. The lowest BCUT2D eigenvalue weighted by Crippen LogP contribution is -2.52. The van der Waals surface area contributed by atoms with E-state index in [-0.39, 0.29) is 11.5 Å². The molecule has 2 aliphatic rings. The lowest BCUT2D eigenvalue weighted by molar-refractivity contribution is 0.277. The van der Waals surface area contributed by atoms with Crippen LogP contribution in [0, 0.1) is 24.7 Å². The monoisotopic (exact) mass is 482 g/mol. The first-order valence-electron chi connectivity index (χ1n) is 8.57. The molecule has 2 aliphatic heterocycles. The van der Waals surface area contributed by atoms with Crippen LogP contribution in [0.25, 0.3) is 0 Å². The summed E-state index contributed by atoms with van der Waals surface area (Å²) in [5.74, 6) is 5.38. The van der Waals surface area contributed by atoms with E-state index in [2.05, 4.69) is 33.1 Å². The molecule has 1 N–H and O–H groups in total. The highest BCUT2D eigenvalue weighted by molar-refractivity contribution is 9.09. The Labute approximate surface area is 173 Å². The lowest BCUT2D eigenvalue weighted by atomic mass is 10.2. The van der Waals surface area contributed by atoms with E-state index >= 15 is 0 Å². The maximum absolute atomic E-state index is 11.6. The maximum atomic E-state index is 11.6. The first kappa shape index (κ1) is 26.4. The van der Waals surface area contributed by atoms with Crippen LogP contribution in [0.5, 0.6) is 0 Å². The van der Waals surface area contributed by atoms with Crippen molar-refractivity contribution in [2.75, 3.05) is 49.6 Å². The summed E-state index contributed by atoms with van der Waals surface area (Å²) in [6.07, 6.45) is 9.91.